The highest BCUT2D eigenvalue weighted by Gasteiger charge is 2.46. The molecular weight excluding hydrogens is 881 g/mol. The number of Topliss-reactive ketones (excluding diaryl/α,β-unsaturated/α-hetero) is 3. The minimum Gasteiger partial charge on any atom is -0.394 e. The highest BCUT2D eigenvalue weighted by molar-refractivity contribution is 6.24. The number of aromatic nitrogens is 2. The number of allylic oxidation sites excluding steroid dienone is 2. The van der Waals surface area contributed by atoms with Crippen LogP contribution in [-0.2, 0) is 17.8 Å². The van der Waals surface area contributed by atoms with E-state index >= 15 is 0 Å². The van der Waals surface area contributed by atoms with Crippen molar-refractivity contribution >= 4 is 73.6 Å². The van der Waals surface area contributed by atoms with Crippen LogP contribution in [-0.4, -0.2) is 81.6 Å². The number of nitrogens with two attached hydrogens (primary N) is 1. The molecule has 8 aromatic rings. The van der Waals surface area contributed by atoms with Crippen LogP contribution in [0.1, 0.15) is 47.8 Å². The van der Waals surface area contributed by atoms with E-state index in [1.165, 1.54) is 0 Å². The Bertz CT molecular complexity index is 3420. The summed E-state index contributed by atoms with van der Waals surface area (Å²) >= 11 is 0. The number of ketones is 3. The molecule has 1 fully saturated rings. The number of rotatable bonds is 8. The molecule has 0 spiro atoms. The molecule has 12 nitrogen and oxygen atoms in total. The lowest BCUT2D eigenvalue weighted by Crippen LogP contribution is -2.97. The van der Waals surface area contributed by atoms with E-state index in [1.807, 2.05) is 149 Å². The van der Waals surface area contributed by atoms with Crippen molar-refractivity contribution in [3.05, 3.63) is 214 Å². The average molecular weight is 933 g/mol. The summed E-state index contributed by atoms with van der Waals surface area (Å²) < 4.78 is 9.19. The second-order valence-electron chi connectivity index (χ2n) is 17.9. The predicted molar refractivity (Wildman–Crippen MR) is 265 cm³/mol. The average Bonchev–Trinajstić information content (AvgIpc) is 3.38. The van der Waals surface area contributed by atoms with Gasteiger partial charge in [0.2, 0.25) is 6.29 Å². The Morgan fingerprint density at radius 1 is 0.500 bits per heavy atom. The molecule has 3 heterocycles. The molecule has 2 aromatic heterocycles. The Morgan fingerprint density at radius 2 is 0.914 bits per heavy atom. The molecule has 0 bridgehead atoms. The third-order valence-electron chi connectivity index (χ3n) is 13.4. The maximum atomic E-state index is 12.9. The van der Waals surface area contributed by atoms with E-state index in [0.717, 1.165) is 77.0 Å². The zero-order valence-corrected chi connectivity index (χ0v) is 38.1. The van der Waals surface area contributed by atoms with E-state index in [2.05, 4.69) is 42.1 Å². The van der Waals surface area contributed by atoms with E-state index in [9.17, 15) is 29.7 Å². The molecule has 0 saturated carbocycles. The van der Waals surface area contributed by atoms with Gasteiger partial charge in [0.25, 0.3) is 0 Å². The molecule has 9 N–H and O–H groups in total. The van der Waals surface area contributed by atoms with Gasteiger partial charge in [-0.05, 0) is 51.1 Å². The van der Waals surface area contributed by atoms with Crippen LogP contribution in [0, 0.1) is 0 Å². The molecule has 5 atom stereocenters. The lowest BCUT2D eigenvalue weighted by Gasteiger charge is -2.38. The van der Waals surface area contributed by atoms with Crippen molar-refractivity contribution in [1.82, 2.24) is 0 Å². The molecule has 12 heteroatoms. The summed E-state index contributed by atoms with van der Waals surface area (Å²) in [7, 11) is 0. The third-order valence-corrected chi connectivity index (χ3v) is 13.4. The largest absolute Gasteiger partial charge is 0.394 e. The first-order valence-corrected chi connectivity index (χ1v) is 23.3. The van der Waals surface area contributed by atoms with Crippen molar-refractivity contribution in [2.75, 3.05) is 13.2 Å². The molecule has 3 aliphatic carbocycles. The number of benzene rings is 6. The molecule has 5 unspecified atom stereocenters. The summed E-state index contributed by atoms with van der Waals surface area (Å²) in [4.78, 5) is 38.4. The minimum atomic E-state index is -1.37. The van der Waals surface area contributed by atoms with Gasteiger partial charge in [0.15, 0.2) is 61.3 Å². The Morgan fingerprint density at radius 3 is 1.37 bits per heavy atom. The predicted octanol–water partition coefficient (Wildman–Crippen LogP) is 4.47. The number of ether oxygens (including phenoxy) is 1. The van der Waals surface area contributed by atoms with Gasteiger partial charge in [-0.3, -0.25) is 14.4 Å². The summed E-state index contributed by atoms with van der Waals surface area (Å²) in [5.74, 6) is 0.163. The fourth-order valence-electron chi connectivity index (χ4n) is 9.87. The van der Waals surface area contributed by atoms with Crippen molar-refractivity contribution < 1.29 is 59.7 Å². The van der Waals surface area contributed by atoms with Gasteiger partial charge in [0.1, 0.15) is 30.5 Å². The Hall–Kier alpha value is -7.65. The third kappa shape index (κ3) is 9.04. The summed E-state index contributed by atoms with van der Waals surface area (Å²) in [6, 6.07) is 44.6. The molecular formula is C58H52N4O8+4. The molecule has 12 rings (SSSR count). The van der Waals surface area contributed by atoms with Crippen LogP contribution in [0.4, 0.5) is 5.69 Å². The number of aliphatic hydroxyl groups is 4. The maximum absolute atomic E-state index is 12.9. The zero-order chi connectivity index (χ0) is 48.5. The first kappa shape index (κ1) is 46.1. The molecule has 6 aromatic carbocycles. The van der Waals surface area contributed by atoms with Crippen molar-refractivity contribution in [3.63, 3.8) is 0 Å². The van der Waals surface area contributed by atoms with Crippen LogP contribution >= 0.6 is 0 Å². The van der Waals surface area contributed by atoms with Gasteiger partial charge in [-0.1, -0.05) is 115 Å². The number of carbonyl (C=O) groups is 3. The van der Waals surface area contributed by atoms with Crippen LogP contribution in [0.2, 0.25) is 0 Å². The second kappa shape index (κ2) is 19.8. The number of nitrogens with zero attached hydrogens (tertiary/aromatic N) is 2. The lowest BCUT2D eigenvalue weighted by atomic mass is 9.87. The van der Waals surface area contributed by atoms with Gasteiger partial charge in [0.05, 0.1) is 35.5 Å². The van der Waals surface area contributed by atoms with E-state index in [1.54, 1.807) is 11.4 Å². The van der Waals surface area contributed by atoms with Crippen molar-refractivity contribution in [3.8, 4) is 0 Å². The molecule has 1 saturated heterocycles. The number of aliphatic hydroxyl groups excluding tert-OH is 4. The van der Waals surface area contributed by atoms with Gasteiger partial charge >= 0.3 is 0 Å². The highest BCUT2D eigenvalue weighted by Crippen LogP contribution is 2.34. The Balaban J connectivity index is 0.000000123. The molecule has 4 aliphatic rings. The molecule has 348 valence electrons. The van der Waals surface area contributed by atoms with E-state index in [4.69, 9.17) is 9.84 Å². The first-order chi connectivity index (χ1) is 34.1. The standard InChI is InChI=1S/C20H21NO6.C19H14N2O.C19H14NO/c22-9-14-18(24)19(25)16(20(26)27-14)21-8-12-7-11-5-1-3-10-4-2-6-13(15(10)11)17(12)23;20-16-7-9-21(10-8-16)12-15-11-14-5-1-3-13-4-2-6-17(18(13)14)19(15)22;21-19-16(13-20-10-2-1-3-11-20)12-15-8-4-6-14-7-5-9-17(19)18(14)15/h1-7,14,16,18-22,24-26H,8-9H2;1-11,20H,12H2;1-12H,13H2/q;;+1/p+3. The van der Waals surface area contributed by atoms with Gasteiger partial charge in [-0.2, -0.15) is 0 Å². The zero-order valence-electron chi connectivity index (χ0n) is 38.1. The van der Waals surface area contributed by atoms with Crippen LogP contribution in [0.5, 0.6) is 0 Å². The fourth-order valence-corrected chi connectivity index (χ4v) is 9.87. The highest BCUT2D eigenvalue weighted by atomic mass is 16.6. The number of quaternary nitrogens is 2. The van der Waals surface area contributed by atoms with Crippen LogP contribution in [0.3, 0.4) is 0 Å². The van der Waals surface area contributed by atoms with Crippen LogP contribution in [0.25, 0.3) is 50.5 Å². The lowest BCUT2D eigenvalue weighted by molar-refractivity contribution is -0.711. The van der Waals surface area contributed by atoms with Gasteiger partial charge in [-0.15, -0.1) is 0 Å². The molecule has 0 amide bonds. The quantitative estimate of drug-likeness (QED) is 0.120. The minimum absolute atomic E-state index is 0.0926. The molecule has 70 heavy (non-hydrogen) atoms. The molecule has 1 aliphatic heterocycles. The van der Waals surface area contributed by atoms with E-state index < -0.39 is 37.3 Å². The summed E-state index contributed by atoms with van der Waals surface area (Å²) in [6.07, 6.45) is 8.73. The van der Waals surface area contributed by atoms with Crippen LogP contribution < -0.4 is 20.2 Å². The normalized spacial score (nSPS) is 19.9. The Labute approximate surface area is 403 Å². The van der Waals surface area contributed by atoms with Crippen molar-refractivity contribution in [1.29, 1.82) is 0 Å². The number of pyridine rings is 2. The van der Waals surface area contributed by atoms with E-state index in [0.29, 0.717) is 24.2 Å². The fraction of sp³-hybridized carbons (Fsp3) is 0.155. The topological polar surface area (TPSA) is 193 Å². The summed E-state index contributed by atoms with van der Waals surface area (Å²) in [6.45, 7) is 0.878. The van der Waals surface area contributed by atoms with Crippen molar-refractivity contribution in [2.45, 2.75) is 43.7 Å². The molecule has 0 radical (unpaired) electrons. The summed E-state index contributed by atoms with van der Waals surface area (Å²) in [5, 5.41) is 47.4. The number of hydrogen-bond acceptors (Lipinski definition) is 8. The van der Waals surface area contributed by atoms with Gasteiger partial charge < -0.3 is 36.2 Å². The van der Waals surface area contributed by atoms with Crippen LogP contribution in [0.15, 0.2) is 181 Å². The smallest absolute Gasteiger partial charge is 0.211 e. The SMILES string of the molecule is O=C1C(C[NH2+]C2C(O)OC(CO)C(O)C2O)=Cc2cccc3cccc1c23.O=C1C(C[n+]2ccccc2)=Cc2cccc3cccc1c23.[NH3+]c1cc[n+](CC2=Cc3cccc4cccc(c34)C2=O)cc1. The van der Waals surface area contributed by atoms with Gasteiger partial charge in [-0.25, -0.2) is 9.13 Å². The first-order valence-electron chi connectivity index (χ1n) is 23.3. The van der Waals surface area contributed by atoms with Gasteiger partial charge in [0, 0.05) is 45.0 Å². The number of carbonyl (C=O) groups excluding carboxylic acids is 3. The maximum Gasteiger partial charge on any atom is 0.211 e. The second-order valence-corrected chi connectivity index (χ2v) is 17.9. The van der Waals surface area contributed by atoms with Crippen molar-refractivity contribution in [2.24, 2.45) is 0 Å². The van der Waals surface area contributed by atoms with E-state index in [-0.39, 0.29) is 23.9 Å². The Kier molecular flexibility index (Phi) is 13.0. The summed E-state index contributed by atoms with van der Waals surface area (Å²) in [5.41, 5.74) is 12.5. The monoisotopic (exact) mass is 932 g/mol. The number of hydrogen-bond donors (Lipinski definition) is 6.